The third-order valence-electron chi connectivity index (χ3n) is 5.14. The van der Waals surface area contributed by atoms with Gasteiger partial charge in [-0.2, -0.15) is 0 Å². The summed E-state index contributed by atoms with van der Waals surface area (Å²) >= 11 is 0. The first-order chi connectivity index (χ1) is 12.1. The Bertz CT molecular complexity index is 760. The number of nitrogens with one attached hydrogen (secondary N) is 1. The van der Waals surface area contributed by atoms with Crippen LogP contribution in [-0.4, -0.2) is 33.1 Å². The van der Waals surface area contributed by atoms with Gasteiger partial charge in [0.2, 0.25) is 5.91 Å². The number of para-hydroxylation sites is 2. The molecular weight excluding hydrogens is 318 g/mol. The second-order valence-electron chi connectivity index (χ2n) is 6.69. The number of aryl methyl sites for hydroxylation is 1. The molecule has 1 aromatic heterocycles. The number of imidazole rings is 1. The molecule has 0 radical (unpaired) electrons. The van der Waals surface area contributed by atoms with Crippen molar-refractivity contribution in [3.8, 4) is 0 Å². The molecule has 0 saturated heterocycles. The zero-order chi connectivity index (χ0) is 17.8. The molecule has 2 N–H and O–H groups in total. The summed E-state index contributed by atoms with van der Waals surface area (Å²) in [6, 6.07) is 8.06. The van der Waals surface area contributed by atoms with Crippen LogP contribution in [0.4, 0.5) is 0 Å². The fraction of sp³-hybridized carbons (Fsp3) is 0.526. The van der Waals surface area contributed by atoms with Gasteiger partial charge < -0.3 is 15.0 Å². The Kier molecular flexibility index (Phi) is 5.36. The van der Waals surface area contributed by atoms with Gasteiger partial charge in [-0.25, -0.2) is 4.98 Å². The number of rotatable bonds is 6. The van der Waals surface area contributed by atoms with Crippen molar-refractivity contribution in [2.45, 2.75) is 45.6 Å². The van der Waals surface area contributed by atoms with E-state index in [2.05, 4.69) is 27.9 Å². The van der Waals surface area contributed by atoms with E-state index in [9.17, 15) is 9.59 Å². The van der Waals surface area contributed by atoms with Crippen molar-refractivity contribution < 1.29 is 14.7 Å². The number of carboxylic acid groups (broad SMARTS) is 1. The van der Waals surface area contributed by atoms with E-state index < -0.39 is 5.97 Å². The fourth-order valence-electron chi connectivity index (χ4n) is 3.71. The van der Waals surface area contributed by atoms with Crippen molar-refractivity contribution in [1.82, 2.24) is 14.9 Å². The van der Waals surface area contributed by atoms with Gasteiger partial charge in [-0.15, -0.1) is 0 Å². The summed E-state index contributed by atoms with van der Waals surface area (Å²) in [5.74, 6) is -0.0481. The lowest BCUT2D eigenvalue weighted by Gasteiger charge is -2.25. The zero-order valence-corrected chi connectivity index (χ0v) is 14.6. The van der Waals surface area contributed by atoms with Gasteiger partial charge in [0.25, 0.3) is 0 Å². The molecule has 0 spiro atoms. The summed E-state index contributed by atoms with van der Waals surface area (Å²) in [4.78, 5) is 28.0. The highest BCUT2D eigenvalue weighted by Crippen LogP contribution is 2.29. The van der Waals surface area contributed by atoms with Crippen molar-refractivity contribution in [3.63, 3.8) is 0 Å². The lowest BCUT2D eigenvalue weighted by Crippen LogP contribution is -2.35. The summed E-state index contributed by atoms with van der Waals surface area (Å²) in [5, 5.41) is 12.0. The van der Waals surface area contributed by atoms with Crippen LogP contribution in [0.1, 0.15) is 38.4 Å². The maximum Gasteiger partial charge on any atom is 0.306 e. The van der Waals surface area contributed by atoms with Crippen molar-refractivity contribution in [2.75, 3.05) is 6.54 Å². The minimum atomic E-state index is -0.739. The van der Waals surface area contributed by atoms with Crippen LogP contribution in [0.2, 0.25) is 0 Å². The SMILES string of the molecule is CCn1c(CCNC(=O)C2CCC(C(=O)O)CC2)nc2ccccc21. The quantitative estimate of drug-likeness (QED) is 0.844. The van der Waals surface area contributed by atoms with Crippen LogP contribution in [0.25, 0.3) is 11.0 Å². The number of aromatic nitrogens is 2. The van der Waals surface area contributed by atoms with Crippen LogP contribution in [0.3, 0.4) is 0 Å². The second kappa shape index (κ2) is 7.68. The molecule has 0 unspecified atom stereocenters. The van der Waals surface area contributed by atoms with Gasteiger partial charge in [0.05, 0.1) is 17.0 Å². The number of amides is 1. The Labute approximate surface area is 147 Å². The van der Waals surface area contributed by atoms with E-state index in [0.717, 1.165) is 23.4 Å². The van der Waals surface area contributed by atoms with Gasteiger partial charge in [0.1, 0.15) is 5.82 Å². The van der Waals surface area contributed by atoms with Crippen LogP contribution in [0.15, 0.2) is 24.3 Å². The molecule has 3 rings (SSSR count). The maximum atomic E-state index is 12.3. The summed E-state index contributed by atoms with van der Waals surface area (Å²) < 4.78 is 2.18. The van der Waals surface area contributed by atoms with E-state index in [1.165, 1.54) is 0 Å². The maximum absolute atomic E-state index is 12.3. The highest BCUT2D eigenvalue weighted by molar-refractivity contribution is 5.79. The third-order valence-corrected chi connectivity index (χ3v) is 5.14. The molecule has 0 bridgehead atoms. The smallest absolute Gasteiger partial charge is 0.306 e. The van der Waals surface area contributed by atoms with E-state index in [0.29, 0.717) is 38.6 Å². The number of fused-ring (bicyclic) bond motifs is 1. The number of hydrogen-bond acceptors (Lipinski definition) is 3. The van der Waals surface area contributed by atoms with E-state index in [4.69, 9.17) is 5.11 Å². The van der Waals surface area contributed by atoms with Gasteiger partial charge in [0, 0.05) is 25.4 Å². The summed E-state index contributed by atoms with van der Waals surface area (Å²) in [6.45, 7) is 3.50. The van der Waals surface area contributed by atoms with Crippen molar-refractivity contribution in [3.05, 3.63) is 30.1 Å². The minimum Gasteiger partial charge on any atom is -0.481 e. The van der Waals surface area contributed by atoms with Crippen molar-refractivity contribution >= 4 is 22.9 Å². The first-order valence-corrected chi connectivity index (χ1v) is 9.04. The Hall–Kier alpha value is -2.37. The number of nitrogens with zero attached hydrogens (tertiary/aromatic N) is 2. The van der Waals surface area contributed by atoms with Crippen LogP contribution in [0, 0.1) is 11.8 Å². The Morgan fingerprint density at radius 2 is 1.88 bits per heavy atom. The summed E-state index contributed by atoms with van der Waals surface area (Å²) in [7, 11) is 0. The molecule has 134 valence electrons. The Balaban J connectivity index is 1.53. The average Bonchev–Trinajstić information content (AvgIpc) is 2.99. The Morgan fingerprint density at radius 1 is 1.20 bits per heavy atom. The molecule has 1 aliphatic carbocycles. The average molecular weight is 343 g/mol. The van der Waals surface area contributed by atoms with Crippen LogP contribution in [0.5, 0.6) is 0 Å². The largest absolute Gasteiger partial charge is 0.481 e. The normalized spacial score (nSPS) is 20.5. The summed E-state index contributed by atoms with van der Waals surface area (Å²) in [6.07, 6.45) is 3.21. The number of benzene rings is 1. The van der Waals surface area contributed by atoms with Gasteiger partial charge in [-0.1, -0.05) is 12.1 Å². The molecule has 1 saturated carbocycles. The number of aliphatic carboxylic acids is 1. The number of hydrogen-bond donors (Lipinski definition) is 2. The van der Waals surface area contributed by atoms with Crippen LogP contribution in [-0.2, 0) is 22.6 Å². The van der Waals surface area contributed by atoms with E-state index in [1.807, 2.05) is 18.2 Å². The molecule has 6 nitrogen and oxygen atoms in total. The first-order valence-electron chi connectivity index (χ1n) is 9.04. The lowest BCUT2D eigenvalue weighted by atomic mass is 9.81. The van der Waals surface area contributed by atoms with Gasteiger partial charge in [-0.05, 0) is 44.7 Å². The van der Waals surface area contributed by atoms with Gasteiger partial charge in [-0.3, -0.25) is 9.59 Å². The Morgan fingerprint density at radius 3 is 2.56 bits per heavy atom. The number of carbonyl (C=O) groups is 2. The molecule has 1 aliphatic rings. The molecule has 6 heteroatoms. The first kappa shape index (κ1) is 17.5. The van der Waals surface area contributed by atoms with Crippen molar-refractivity contribution in [1.29, 1.82) is 0 Å². The molecule has 0 aliphatic heterocycles. The van der Waals surface area contributed by atoms with E-state index >= 15 is 0 Å². The lowest BCUT2D eigenvalue weighted by molar-refractivity contribution is -0.144. The third kappa shape index (κ3) is 3.83. The van der Waals surface area contributed by atoms with Crippen LogP contribution >= 0.6 is 0 Å². The monoisotopic (exact) mass is 343 g/mol. The fourth-order valence-corrected chi connectivity index (χ4v) is 3.71. The topological polar surface area (TPSA) is 84.2 Å². The number of carbonyl (C=O) groups excluding carboxylic acids is 1. The zero-order valence-electron chi connectivity index (χ0n) is 14.6. The van der Waals surface area contributed by atoms with E-state index in [1.54, 1.807) is 0 Å². The molecule has 1 fully saturated rings. The molecule has 0 atom stereocenters. The predicted molar refractivity (Wildman–Crippen MR) is 95.2 cm³/mol. The van der Waals surface area contributed by atoms with Gasteiger partial charge in [0.15, 0.2) is 0 Å². The molecular formula is C19H25N3O3. The summed E-state index contributed by atoms with van der Waals surface area (Å²) in [5.41, 5.74) is 2.11. The molecule has 25 heavy (non-hydrogen) atoms. The highest BCUT2D eigenvalue weighted by Gasteiger charge is 2.29. The molecule has 1 amide bonds. The predicted octanol–water partition coefficient (Wildman–Crippen LogP) is 2.61. The molecule has 1 heterocycles. The molecule has 2 aromatic rings. The van der Waals surface area contributed by atoms with Gasteiger partial charge >= 0.3 is 5.97 Å². The standard InChI is InChI=1S/C19H25N3O3/c1-2-22-16-6-4-3-5-15(16)21-17(22)11-12-20-18(23)13-7-9-14(10-8-13)19(24)25/h3-6,13-14H,2,7-12H2,1H3,(H,20,23)(H,24,25). The second-order valence-corrected chi connectivity index (χ2v) is 6.69. The highest BCUT2D eigenvalue weighted by atomic mass is 16.4. The number of carboxylic acids is 1. The van der Waals surface area contributed by atoms with Crippen molar-refractivity contribution in [2.24, 2.45) is 11.8 Å². The molecule has 1 aromatic carbocycles. The van der Waals surface area contributed by atoms with E-state index in [-0.39, 0.29) is 17.7 Å². The van der Waals surface area contributed by atoms with Crippen LogP contribution < -0.4 is 5.32 Å². The minimum absolute atomic E-state index is 0.0444.